The number of carbonyl (C=O) groups excluding carboxylic acids is 3. The number of nitriles is 1. The van der Waals surface area contributed by atoms with E-state index in [-0.39, 0.29) is 30.2 Å². The molecule has 2 aromatic heterocycles. The van der Waals surface area contributed by atoms with E-state index < -0.39 is 12.1 Å². The van der Waals surface area contributed by atoms with Crippen molar-refractivity contribution in [3.05, 3.63) is 46.3 Å². The van der Waals surface area contributed by atoms with Gasteiger partial charge in [0.05, 0.1) is 24.9 Å². The monoisotopic (exact) mass is 548 g/mol. The summed E-state index contributed by atoms with van der Waals surface area (Å²) in [5.74, 6) is 0.711. The number of aldehydes is 1. The molecule has 210 valence electrons. The van der Waals surface area contributed by atoms with E-state index >= 15 is 0 Å². The van der Waals surface area contributed by atoms with Crippen molar-refractivity contribution < 1.29 is 28.6 Å². The molecule has 2 aromatic rings. The summed E-state index contributed by atoms with van der Waals surface area (Å²) in [6.07, 6.45) is 4.14. The largest absolute Gasteiger partial charge is 0.379 e. The highest BCUT2D eigenvalue weighted by Crippen LogP contribution is 2.30. The molecule has 5 rings (SSSR count). The van der Waals surface area contributed by atoms with Crippen molar-refractivity contribution in [3.63, 3.8) is 0 Å². The Morgan fingerprint density at radius 1 is 1.25 bits per heavy atom. The molecule has 3 atom stereocenters. The second-order valence-electron chi connectivity index (χ2n) is 10.2. The molecule has 12 nitrogen and oxygen atoms in total. The van der Waals surface area contributed by atoms with E-state index in [0.29, 0.717) is 81.0 Å². The van der Waals surface area contributed by atoms with Crippen molar-refractivity contribution in [1.82, 2.24) is 14.9 Å². The van der Waals surface area contributed by atoms with Gasteiger partial charge in [-0.05, 0) is 42.5 Å². The van der Waals surface area contributed by atoms with Gasteiger partial charge in [0.1, 0.15) is 29.5 Å². The summed E-state index contributed by atoms with van der Waals surface area (Å²) in [6, 6.07) is 5.31. The number of hydrogen-bond donors (Lipinski definition) is 1. The predicted molar refractivity (Wildman–Crippen MR) is 143 cm³/mol. The molecule has 1 N–H and O–H groups in total. The number of nitrogens with one attached hydrogen (secondary N) is 1. The van der Waals surface area contributed by atoms with Crippen LogP contribution in [0.4, 0.5) is 16.4 Å². The highest BCUT2D eigenvalue weighted by atomic mass is 16.5. The maximum atomic E-state index is 13.4. The van der Waals surface area contributed by atoms with Gasteiger partial charge in [-0.1, -0.05) is 0 Å². The fourth-order valence-electron chi connectivity index (χ4n) is 5.60. The zero-order chi connectivity index (χ0) is 28.2. The normalized spacial score (nSPS) is 22.2. The lowest BCUT2D eigenvalue weighted by Crippen LogP contribution is -2.40. The Balaban J connectivity index is 1.34. The van der Waals surface area contributed by atoms with Gasteiger partial charge in [-0.3, -0.25) is 19.8 Å². The molecule has 40 heavy (non-hydrogen) atoms. The Bertz CT molecular complexity index is 1340. The Morgan fingerprint density at radius 2 is 2.10 bits per heavy atom. The first-order valence-electron chi connectivity index (χ1n) is 13.3. The highest BCUT2D eigenvalue weighted by Gasteiger charge is 2.33. The maximum Gasteiger partial charge on any atom is 0.328 e. The van der Waals surface area contributed by atoms with Gasteiger partial charge in [0.25, 0.3) is 5.91 Å². The summed E-state index contributed by atoms with van der Waals surface area (Å²) in [7, 11) is 3.15. The lowest BCUT2D eigenvalue weighted by molar-refractivity contribution is -0.136. The summed E-state index contributed by atoms with van der Waals surface area (Å²) in [5.41, 5.74) is 2.85. The van der Waals surface area contributed by atoms with Gasteiger partial charge in [0.2, 0.25) is 0 Å². The number of aromatic nitrogens is 2. The first-order chi connectivity index (χ1) is 19.4. The summed E-state index contributed by atoms with van der Waals surface area (Å²) in [5, 5.41) is 12.4. The number of pyridine rings is 2. The van der Waals surface area contributed by atoms with Crippen LogP contribution in [0.3, 0.4) is 0 Å². The van der Waals surface area contributed by atoms with Crippen LogP contribution in [0.15, 0.2) is 18.3 Å². The van der Waals surface area contributed by atoms with Gasteiger partial charge in [-0.25, -0.2) is 14.8 Å². The zero-order valence-electron chi connectivity index (χ0n) is 22.6. The van der Waals surface area contributed by atoms with E-state index in [1.54, 1.807) is 18.1 Å². The third-order valence-electron chi connectivity index (χ3n) is 7.80. The van der Waals surface area contributed by atoms with Crippen molar-refractivity contribution in [1.29, 1.82) is 5.26 Å². The van der Waals surface area contributed by atoms with Gasteiger partial charge >= 0.3 is 6.03 Å². The lowest BCUT2D eigenvalue weighted by atomic mass is 9.94. The minimum atomic E-state index is -0.464. The van der Waals surface area contributed by atoms with Gasteiger partial charge in [0.15, 0.2) is 6.29 Å². The maximum absolute atomic E-state index is 13.4. The second-order valence-corrected chi connectivity index (χ2v) is 10.2. The number of rotatable bonds is 8. The molecule has 3 amide bonds. The topological polar surface area (TPSA) is 147 Å². The van der Waals surface area contributed by atoms with Crippen LogP contribution in [-0.2, 0) is 38.4 Å². The Morgan fingerprint density at radius 3 is 2.83 bits per heavy atom. The van der Waals surface area contributed by atoms with Crippen LogP contribution < -0.4 is 10.2 Å². The number of amides is 3. The number of aryl methyl sites for hydroxylation is 1. The first kappa shape index (κ1) is 27.6. The molecule has 0 bridgehead atoms. The number of anilines is 2. The fourth-order valence-corrected chi connectivity index (χ4v) is 5.60. The van der Waals surface area contributed by atoms with E-state index in [1.165, 1.54) is 18.2 Å². The minimum Gasteiger partial charge on any atom is -0.379 e. The van der Waals surface area contributed by atoms with Gasteiger partial charge < -0.3 is 19.1 Å². The van der Waals surface area contributed by atoms with Crippen LogP contribution in [0, 0.1) is 17.2 Å². The van der Waals surface area contributed by atoms with Gasteiger partial charge in [0, 0.05) is 58.0 Å². The minimum absolute atomic E-state index is 0.0597. The van der Waals surface area contributed by atoms with Gasteiger partial charge in [-0.2, -0.15) is 5.26 Å². The third-order valence-corrected chi connectivity index (χ3v) is 7.80. The van der Waals surface area contributed by atoms with E-state index in [0.717, 1.165) is 11.1 Å². The number of urea groups is 1. The molecule has 0 aliphatic carbocycles. The van der Waals surface area contributed by atoms with Crippen molar-refractivity contribution in [2.75, 3.05) is 50.7 Å². The van der Waals surface area contributed by atoms with Crippen LogP contribution in [0.1, 0.15) is 45.6 Å². The molecule has 3 aliphatic rings. The molecule has 0 radical (unpaired) electrons. The van der Waals surface area contributed by atoms with E-state index in [4.69, 9.17) is 14.2 Å². The SMILES string of the molecule is CO[C@H]1COC[C@@H]1Cc1cc(NC(=O)N2CCCc3cc(CN4CC[C@@H](OC)C4=O)c(C=O)nc32)ncc1C#N. The smallest absolute Gasteiger partial charge is 0.328 e. The standard InChI is InChI=1S/C28H32N6O6/c1-38-23-5-7-33(27(23)36)13-19-8-17-4-3-6-34(26(17)31-22(19)14-35)28(37)32-25-10-18(21(11-29)12-30-25)9-20-15-40-16-24(20)39-2/h8,10,12,14,20,23-24H,3-7,9,13,15-16H2,1-2H3,(H,30,32,37)/t20-,23+,24-/m0/s1. The predicted octanol–water partition coefficient (Wildman–Crippen LogP) is 2.10. The average molecular weight is 549 g/mol. The molecular weight excluding hydrogens is 516 g/mol. The number of nitrogens with zero attached hydrogens (tertiary/aromatic N) is 5. The Labute approximate surface area is 232 Å². The number of methoxy groups -OCH3 is 2. The van der Waals surface area contributed by atoms with Crippen LogP contribution in [0.25, 0.3) is 0 Å². The summed E-state index contributed by atoms with van der Waals surface area (Å²) in [4.78, 5) is 49.9. The Hall–Kier alpha value is -3.92. The van der Waals surface area contributed by atoms with Gasteiger partial charge in [-0.15, -0.1) is 0 Å². The molecule has 0 aromatic carbocycles. The van der Waals surface area contributed by atoms with E-state index in [1.807, 2.05) is 6.07 Å². The molecule has 3 aliphatic heterocycles. The summed E-state index contributed by atoms with van der Waals surface area (Å²) >= 11 is 0. The second kappa shape index (κ2) is 12.1. The van der Waals surface area contributed by atoms with Crippen LogP contribution in [0.2, 0.25) is 0 Å². The Kier molecular flexibility index (Phi) is 8.35. The van der Waals surface area contributed by atoms with Crippen molar-refractivity contribution >= 4 is 29.9 Å². The van der Waals surface area contributed by atoms with Crippen molar-refractivity contribution in [3.8, 4) is 6.07 Å². The third kappa shape index (κ3) is 5.54. The zero-order valence-corrected chi connectivity index (χ0v) is 22.6. The van der Waals surface area contributed by atoms with Crippen LogP contribution in [-0.4, -0.2) is 85.8 Å². The average Bonchev–Trinajstić information content (AvgIpc) is 3.57. The first-order valence-corrected chi connectivity index (χ1v) is 13.3. The number of likely N-dealkylation sites (tertiary alicyclic amines) is 1. The van der Waals surface area contributed by atoms with Crippen molar-refractivity contribution in [2.45, 2.75) is 44.4 Å². The number of hydrogen-bond acceptors (Lipinski definition) is 9. The molecule has 0 unspecified atom stereocenters. The quantitative estimate of drug-likeness (QED) is 0.490. The van der Waals surface area contributed by atoms with E-state index in [9.17, 15) is 19.6 Å². The molecular formula is C28H32N6O6. The molecule has 0 saturated carbocycles. The number of ether oxygens (including phenoxy) is 3. The highest BCUT2D eigenvalue weighted by molar-refractivity contribution is 6.01. The van der Waals surface area contributed by atoms with Crippen LogP contribution in [0.5, 0.6) is 0 Å². The molecule has 5 heterocycles. The lowest BCUT2D eigenvalue weighted by Gasteiger charge is -2.29. The summed E-state index contributed by atoms with van der Waals surface area (Å²) in [6.45, 7) is 2.25. The molecule has 2 saturated heterocycles. The number of carbonyl (C=O) groups is 3. The van der Waals surface area contributed by atoms with Crippen molar-refractivity contribution in [2.24, 2.45) is 5.92 Å². The van der Waals surface area contributed by atoms with E-state index in [2.05, 4.69) is 21.4 Å². The summed E-state index contributed by atoms with van der Waals surface area (Å²) < 4.78 is 16.3. The molecule has 2 fully saturated rings. The fraction of sp³-hybridized carbons (Fsp3) is 0.500. The molecule has 12 heteroatoms. The van der Waals surface area contributed by atoms with Crippen LogP contribution >= 0.6 is 0 Å². The number of fused-ring (bicyclic) bond motifs is 1. The molecule has 0 spiro atoms.